The molecular formula is C46H55IN8O8S2. The van der Waals surface area contributed by atoms with Crippen LogP contribution < -0.4 is 0 Å². The first kappa shape index (κ1) is 48.1. The number of piperidine rings is 2. The summed E-state index contributed by atoms with van der Waals surface area (Å²) in [4.78, 5) is 72.1. The van der Waals surface area contributed by atoms with E-state index >= 15 is 0 Å². The monoisotopic (exact) mass is 1040 g/mol. The second-order valence-corrected chi connectivity index (χ2v) is 20.4. The molecule has 346 valence electrons. The second-order valence-electron chi connectivity index (χ2n) is 17.9. The Morgan fingerprint density at radius 1 is 0.662 bits per heavy atom. The Kier molecular flexibility index (Phi) is 14.4. The van der Waals surface area contributed by atoms with E-state index in [1.54, 1.807) is 9.80 Å². The summed E-state index contributed by atoms with van der Waals surface area (Å²) in [5.74, 6) is -0.744. The molecule has 2 fully saturated rings. The number of rotatable bonds is 6. The lowest BCUT2D eigenvalue weighted by Crippen LogP contribution is -2.42. The van der Waals surface area contributed by atoms with Crippen LogP contribution in [0.15, 0.2) is 53.2 Å². The maximum absolute atomic E-state index is 12.7. The molecule has 2 aromatic carbocycles. The highest BCUT2D eigenvalue weighted by Gasteiger charge is 2.33. The summed E-state index contributed by atoms with van der Waals surface area (Å²) in [7, 11) is 2.79. The molecule has 0 radical (unpaired) electrons. The summed E-state index contributed by atoms with van der Waals surface area (Å²) < 4.78 is 26.4. The molecule has 0 saturated carbocycles. The molecule has 0 atom stereocenters. The number of fused-ring (bicyclic) bond motifs is 6. The summed E-state index contributed by atoms with van der Waals surface area (Å²) in [6, 6.07) is 7.98. The van der Waals surface area contributed by atoms with E-state index in [9.17, 15) is 19.2 Å². The van der Waals surface area contributed by atoms with E-state index in [2.05, 4.69) is 41.7 Å². The normalized spacial score (nSPS) is 15.3. The maximum atomic E-state index is 12.7. The number of amides is 2. The van der Waals surface area contributed by atoms with Gasteiger partial charge in [0.15, 0.2) is 10.3 Å². The first-order valence-electron chi connectivity index (χ1n) is 21.4. The molecule has 0 bridgehead atoms. The van der Waals surface area contributed by atoms with Gasteiger partial charge in [0.1, 0.15) is 11.2 Å². The van der Waals surface area contributed by atoms with Crippen LogP contribution in [0.2, 0.25) is 0 Å². The first-order valence-corrected chi connectivity index (χ1v) is 24.9. The molecular weight excluding hydrogens is 984 g/mol. The second kappa shape index (κ2) is 19.5. The van der Waals surface area contributed by atoms with Gasteiger partial charge >= 0.3 is 24.1 Å². The lowest BCUT2D eigenvalue weighted by atomic mass is 10.0. The van der Waals surface area contributed by atoms with Crippen molar-refractivity contribution in [1.82, 2.24) is 38.9 Å². The Balaban J connectivity index is 0.000000194. The van der Waals surface area contributed by atoms with Crippen LogP contribution in [-0.2, 0) is 18.9 Å². The Hall–Kier alpha value is -4.89. The van der Waals surface area contributed by atoms with Crippen LogP contribution in [-0.4, -0.2) is 127 Å². The minimum Gasteiger partial charge on any atom is -0.465 e. The van der Waals surface area contributed by atoms with Crippen LogP contribution >= 0.6 is 46.1 Å². The van der Waals surface area contributed by atoms with Crippen LogP contribution in [0.4, 0.5) is 9.59 Å². The lowest BCUT2D eigenvalue weighted by Gasteiger charge is -2.34. The van der Waals surface area contributed by atoms with Crippen molar-refractivity contribution >= 4 is 114 Å². The van der Waals surface area contributed by atoms with E-state index in [0.29, 0.717) is 47.6 Å². The highest BCUT2D eigenvalue weighted by Crippen LogP contribution is 2.39. The van der Waals surface area contributed by atoms with Crippen LogP contribution in [0.5, 0.6) is 0 Å². The number of benzene rings is 2. The topological polar surface area (TPSA) is 173 Å². The van der Waals surface area contributed by atoms with Gasteiger partial charge in [-0.3, -0.25) is 0 Å². The van der Waals surface area contributed by atoms with Gasteiger partial charge in [-0.25, -0.2) is 39.1 Å². The molecule has 6 heterocycles. The molecule has 4 aromatic heterocycles. The highest BCUT2D eigenvalue weighted by atomic mass is 127. The Morgan fingerprint density at radius 2 is 1.12 bits per heavy atom. The Labute approximate surface area is 400 Å². The summed E-state index contributed by atoms with van der Waals surface area (Å²) in [5.41, 5.74) is 3.46. The van der Waals surface area contributed by atoms with Gasteiger partial charge in [-0.2, -0.15) is 0 Å². The first-order chi connectivity index (χ1) is 30.9. The molecule has 2 amide bonds. The van der Waals surface area contributed by atoms with Gasteiger partial charge in [-0.05, 0) is 102 Å². The third-order valence-corrected chi connectivity index (χ3v) is 13.5. The number of hydrogen-bond donors (Lipinski definition) is 0. The third-order valence-electron chi connectivity index (χ3n) is 11.3. The largest absolute Gasteiger partial charge is 0.465 e. The number of likely N-dealkylation sites (tertiary alicyclic amines) is 2. The zero-order chi connectivity index (χ0) is 47.0. The number of carbonyl (C=O) groups excluding carboxylic acids is 4. The average Bonchev–Trinajstić information content (AvgIpc) is 3.83. The third kappa shape index (κ3) is 10.3. The Morgan fingerprint density at radius 3 is 1.58 bits per heavy atom. The van der Waals surface area contributed by atoms with Crippen molar-refractivity contribution < 1.29 is 38.1 Å². The van der Waals surface area contributed by atoms with Crippen molar-refractivity contribution in [2.45, 2.75) is 101 Å². The van der Waals surface area contributed by atoms with E-state index in [1.807, 2.05) is 96.9 Å². The van der Waals surface area contributed by atoms with Crippen molar-refractivity contribution in [3.8, 4) is 0 Å². The number of hydrogen-bond acceptors (Lipinski definition) is 14. The molecule has 19 heteroatoms. The van der Waals surface area contributed by atoms with Gasteiger partial charge in [0, 0.05) is 78.4 Å². The number of nitrogens with zero attached hydrogens (tertiary/aromatic N) is 8. The standard InChI is InChI=1S/C23H27IN4O4S.C23H28N4O4S/c1-23(2,3)32-22(30)27-10-8-14(9-11-27)28-18-15(16(19(28)24)20(29)31-4)7-6-13-12-25-21(33-5)26-17(13)18;1-23(2,3)31-22(29)26-10-8-15(9-11-26)27-13-17(20(28)30-4)16-7-6-14-12-24-21(32-5)25-18(14)19(16)27/h6-7,12,14H,8-11H2,1-5H3;6-7,12-13,15H,8-11H2,1-5H3. The van der Waals surface area contributed by atoms with Gasteiger partial charge in [-0.1, -0.05) is 47.8 Å². The number of halogens is 1. The smallest absolute Gasteiger partial charge is 0.410 e. The average molecular weight is 1040 g/mol. The molecule has 16 nitrogen and oxygen atoms in total. The van der Waals surface area contributed by atoms with Gasteiger partial charge in [-0.15, -0.1) is 0 Å². The summed E-state index contributed by atoms with van der Waals surface area (Å²) >= 11 is 5.19. The summed E-state index contributed by atoms with van der Waals surface area (Å²) in [5, 5.41) is 4.81. The molecule has 65 heavy (non-hydrogen) atoms. The quantitative estimate of drug-likeness (QED) is 0.0507. The van der Waals surface area contributed by atoms with Crippen molar-refractivity contribution in [2.24, 2.45) is 0 Å². The molecule has 0 N–H and O–H groups in total. The summed E-state index contributed by atoms with van der Waals surface area (Å²) in [6.07, 6.45) is 11.8. The highest BCUT2D eigenvalue weighted by molar-refractivity contribution is 14.1. The van der Waals surface area contributed by atoms with E-state index in [1.165, 1.54) is 37.7 Å². The number of esters is 2. The number of methoxy groups -OCH3 is 2. The predicted molar refractivity (Wildman–Crippen MR) is 261 cm³/mol. The number of thioether (sulfide) groups is 2. The zero-order valence-corrected chi connectivity index (χ0v) is 42.2. The molecule has 2 saturated heterocycles. The van der Waals surface area contributed by atoms with Gasteiger partial charge in [0.25, 0.3) is 0 Å². The molecule has 0 unspecified atom stereocenters. The fraction of sp³-hybridized carbons (Fsp3) is 0.478. The van der Waals surface area contributed by atoms with E-state index in [4.69, 9.17) is 28.9 Å². The van der Waals surface area contributed by atoms with Crippen LogP contribution in [0.1, 0.15) is 100 Å². The van der Waals surface area contributed by atoms with Crippen molar-refractivity contribution in [1.29, 1.82) is 0 Å². The van der Waals surface area contributed by atoms with E-state index in [-0.39, 0.29) is 36.2 Å². The molecule has 8 rings (SSSR count). The van der Waals surface area contributed by atoms with E-state index < -0.39 is 11.2 Å². The maximum Gasteiger partial charge on any atom is 0.410 e. The van der Waals surface area contributed by atoms with Crippen LogP contribution in [0.25, 0.3) is 43.6 Å². The fourth-order valence-corrected chi connectivity index (χ4v) is 10.2. The zero-order valence-electron chi connectivity index (χ0n) is 38.4. The van der Waals surface area contributed by atoms with Crippen LogP contribution in [0, 0.1) is 3.70 Å². The minimum atomic E-state index is -0.525. The lowest BCUT2D eigenvalue weighted by molar-refractivity contribution is 0.0179. The minimum absolute atomic E-state index is 0.106. The van der Waals surface area contributed by atoms with Crippen molar-refractivity contribution in [3.63, 3.8) is 0 Å². The molecule has 2 aliphatic heterocycles. The van der Waals surface area contributed by atoms with Crippen molar-refractivity contribution in [3.05, 3.63) is 57.7 Å². The van der Waals surface area contributed by atoms with Gasteiger partial charge in [0.2, 0.25) is 0 Å². The van der Waals surface area contributed by atoms with Crippen molar-refractivity contribution in [2.75, 3.05) is 52.9 Å². The molecule has 0 spiro atoms. The molecule has 0 aliphatic carbocycles. The Bertz CT molecular complexity index is 2780. The number of carbonyl (C=O) groups is 4. The van der Waals surface area contributed by atoms with Gasteiger partial charge in [0.05, 0.1) is 51.1 Å². The molecule has 6 aromatic rings. The SMILES string of the molecule is COC(=O)c1c(I)n(C2CCN(C(=O)OC(C)(C)C)CC2)c2c1ccc1cnc(SC)nc12.COC(=O)c1cn(C2CCN(C(=O)OC(C)(C)C)CC2)c2c1ccc1cnc(SC)nc12. The number of aromatic nitrogens is 6. The molecule has 2 aliphatic rings. The fourth-order valence-electron chi connectivity index (χ4n) is 8.34. The summed E-state index contributed by atoms with van der Waals surface area (Å²) in [6.45, 7) is 13.6. The van der Waals surface area contributed by atoms with Crippen LogP contribution in [0.3, 0.4) is 0 Å². The number of ether oxygens (including phenoxy) is 4. The van der Waals surface area contributed by atoms with Gasteiger partial charge < -0.3 is 37.9 Å². The van der Waals surface area contributed by atoms with E-state index in [0.717, 1.165) is 73.0 Å². The predicted octanol–water partition coefficient (Wildman–Crippen LogP) is 9.93.